The van der Waals surface area contributed by atoms with Crippen LogP contribution in [0.25, 0.3) is 0 Å². The molecule has 0 spiro atoms. The Morgan fingerprint density at radius 1 is 1.50 bits per heavy atom. The van der Waals surface area contributed by atoms with Gasteiger partial charge in [-0.3, -0.25) is 0 Å². The lowest BCUT2D eigenvalue weighted by molar-refractivity contribution is 0.116. The van der Waals surface area contributed by atoms with Crippen molar-refractivity contribution in [1.82, 2.24) is 16.0 Å². The van der Waals surface area contributed by atoms with Crippen LogP contribution >= 0.6 is 0 Å². The van der Waals surface area contributed by atoms with Crippen molar-refractivity contribution in [3.8, 4) is 0 Å². The van der Waals surface area contributed by atoms with Gasteiger partial charge in [0.25, 0.3) is 0 Å². The quantitative estimate of drug-likeness (QED) is 0.380. The predicted octanol–water partition coefficient (Wildman–Crippen LogP) is -1.01. The predicted molar refractivity (Wildman–Crippen MR) is 25.9 cm³/mol. The van der Waals surface area contributed by atoms with Gasteiger partial charge in [-0.2, -0.15) is 5.12 Å². The average molecular weight is 117 g/mol. The van der Waals surface area contributed by atoms with Crippen molar-refractivity contribution in [1.29, 1.82) is 0 Å². The SMILES string of the molecule is O=C(O)N1NCCN1. The normalized spacial score (nSPS) is 19.2. The van der Waals surface area contributed by atoms with Crippen LogP contribution < -0.4 is 10.9 Å². The van der Waals surface area contributed by atoms with Gasteiger partial charge in [-0.1, -0.05) is 0 Å². The largest absolute Gasteiger partial charge is 0.463 e. The molecule has 0 bridgehead atoms. The van der Waals surface area contributed by atoms with Gasteiger partial charge >= 0.3 is 6.09 Å². The summed E-state index contributed by atoms with van der Waals surface area (Å²) in [6.07, 6.45) is -0.998. The Hall–Kier alpha value is -0.810. The number of hydrogen-bond donors (Lipinski definition) is 3. The molecule has 5 heteroatoms. The molecule has 3 N–H and O–H groups in total. The molecule has 0 aromatic rings. The summed E-state index contributed by atoms with van der Waals surface area (Å²) >= 11 is 0. The first-order chi connectivity index (χ1) is 3.80. The van der Waals surface area contributed by atoms with Crippen molar-refractivity contribution < 1.29 is 9.90 Å². The molecule has 0 aliphatic carbocycles. The van der Waals surface area contributed by atoms with Crippen molar-refractivity contribution in [2.75, 3.05) is 13.1 Å². The summed E-state index contributed by atoms with van der Waals surface area (Å²) in [6, 6.07) is 0. The highest BCUT2D eigenvalue weighted by molar-refractivity contribution is 5.63. The molecule has 1 rings (SSSR count). The fraction of sp³-hybridized carbons (Fsp3) is 0.667. The summed E-state index contributed by atoms with van der Waals surface area (Å²) in [7, 11) is 0. The highest BCUT2D eigenvalue weighted by Gasteiger charge is 2.14. The molecule has 1 fully saturated rings. The van der Waals surface area contributed by atoms with E-state index in [2.05, 4.69) is 10.9 Å². The number of carbonyl (C=O) groups is 1. The van der Waals surface area contributed by atoms with Gasteiger partial charge in [-0.05, 0) is 0 Å². The molecule has 0 aromatic carbocycles. The molecule has 1 heterocycles. The minimum Gasteiger partial charge on any atom is -0.463 e. The molecule has 0 radical (unpaired) electrons. The molecule has 8 heavy (non-hydrogen) atoms. The number of carboxylic acid groups (broad SMARTS) is 1. The average Bonchev–Trinajstić information content (AvgIpc) is 2.12. The Morgan fingerprint density at radius 2 is 2.00 bits per heavy atom. The number of rotatable bonds is 0. The van der Waals surface area contributed by atoms with Crippen LogP contribution in [0.15, 0.2) is 0 Å². The first kappa shape index (κ1) is 5.33. The summed E-state index contributed by atoms with van der Waals surface area (Å²) in [5, 5.41) is 9.16. The Kier molecular flexibility index (Phi) is 1.32. The van der Waals surface area contributed by atoms with Gasteiger partial charge in [0.05, 0.1) is 0 Å². The minimum absolute atomic E-state index is 0.673. The van der Waals surface area contributed by atoms with E-state index in [1.807, 2.05) is 0 Å². The topological polar surface area (TPSA) is 64.6 Å². The number of nitrogens with zero attached hydrogens (tertiary/aromatic N) is 1. The molecule has 1 amide bonds. The van der Waals surface area contributed by atoms with Crippen molar-refractivity contribution in [3.05, 3.63) is 0 Å². The molecule has 0 atom stereocenters. The van der Waals surface area contributed by atoms with E-state index >= 15 is 0 Å². The summed E-state index contributed by atoms with van der Waals surface area (Å²) in [6.45, 7) is 1.35. The van der Waals surface area contributed by atoms with Crippen LogP contribution in [0.2, 0.25) is 0 Å². The molecule has 46 valence electrons. The van der Waals surface area contributed by atoms with E-state index in [0.29, 0.717) is 13.1 Å². The zero-order chi connectivity index (χ0) is 5.98. The van der Waals surface area contributed by atoms with Gasteiger partial charge in [0.15, 0.2) is 0 Å². The monoisotopic (exact) mass is 117 g/mol. The van der Waals surface area contributed by atoms with Crippen molar-refractivity contribution >= 4 is 6.09 Å². The highest BCUT2D eigenvalue weighted by Crippen LogP contribution is 1.81. The van der Waals surface area contributed by atoms with Crippen LogP contribution in [0.1, 0.15) is 0 Å². The first-order valence-electron chi connectivity index (χ1n) is 2.31. The number of amides is 1. The third-order valence-electron chi connectivity index (χ3n) is 0.856. The highest BCUT2D eigenvalue weighted by atomic mass is 16.4. The van der Waals surface area contributed by atoms with E-state index in [-0.39, 0.29) is 0 Å². The van der Waals surface area contributed by atoms with Crippen LogP contribution in [-0.4, -0.2) is 29.4 Å². The van der Waals surface area contributed by atoms with Gasteiger partial charge in [-0.25, -0.2) is 15.6 Å². The number of hydrogen-bond acceptors (Lipinski definition) is 3. The molecular formula is C3H7N3O2. The van der Waals surface area contributed by atoms with Gasteiger partial charge in [0.2, 0.25) is 0 Å². The maximum absolute atomic E-state index is 10.0. The van der Waals surface area contributed by atoms with E-state index in [1.165, 1.54) is 0 Å². The first-order valence-corrected chi connectivity index (χ1v) is 2.31. The van der Waals surface area contributed by atoms with E-state index in [9.17, 15) is 4.79 Å². The van der Waals surface area contributed by atoms with Gasteiger partial charge in [-0.15, -0.1) is 0 Å². The maximum Gasteiger partial charge on any atom is 0.436 e. The molecule has 1 aliphatic rings. The van der Waals surface area contributed by atoms with Crippen molar-refractivity contribution in [2.24, 2.45) is 0 Å². The summed E-state index contributed by atoms with van der Waals surface area (Å²) in [5.41, 5.74) is 5.16. The Bertz CT molecular complexity index is 98.7. The lowest BCUT2D eigenvalue weighted by Crippen LogP contribution is -2.42. The second-order valence-electron chi connectivity index (χ2n) is 1.43. The fourth-order valence-electron chi connectivity index (χ4n) is 0.527. The second-order valence-corrected chi connectivity index (χ2v) is 1.43. The Labute approximate surface area is 46.2 Å². The lowest BCUT2D eigenvalue weighted by Gasteiger charge is -2.08. The molecule has 0 aromatic heterocycles. The van der Waals surface area contributed by atoms with Gasteiger partial charge in [0, 0.05) is 13.1 Å². The number of nitrogens with one attached hydrogen (secondary N) is 2. The second kappa shape index (κ2) is 1.97. The zero-order valence-electron chi connectivity index (χ0n) is 4.22. The minimum atomic E-state index is -0.998. The maximum atomic E-state index is 10.0. The smallest absolute Gasteiger partial charge is 0.436 e. The molecule has 1 aliphatic heterocycles. The van der Waals surface area contributed by atoms with Crippen molar-refractivity contribution in [3.63, 3.8) is 0 Å². The Morgan fingerprint density at radius 3 is 2.25 bits per heavy atom. The molecule has 1 saturated heterocycles. The molecule has 5 nitrogen and oxygen atoms in total. The van der Waals surface area contributed by atoms with Crippen LogP contribution in [-0.2, 0) is 0 Å². The summed E-state index contributed by atoms with van der Waals surface area (Å²) < 4.78 is 0. The van der Waals surface area contributed by atoms with Gasteiger partial charge in [0.1, 0.15) is 0 Å². The number of hydrazine groups is 2. The van der Waals surface area contributed by atoms with Gasteiger partial charge < -0.3 is 5.11 Å². The third kappa shape index (κ3) is 0.877. The van der Waals surface area contributed by atoms with Crippen LogP contribution in [0.3, 0.4) is 0 Å². The van der Waals surface area contributed by atoms with E-state index < -0.39 is 6.09 Å². The van der Waals surface area contributed by atoms with E-state index in [4.69, 9.17) is 5.11 Å². The zero-order valence-corrected chi connectivity index (χ0v) is 4.22. The van der Waals surface area contributed by atoms with E-state index in [1.54, 1.807) is 0 Å². The molecule has 0 unspecified atom stereocenters. The standard InChI is InChI=1S/C3H7N3O2/c7-3(8)6-4-1-2-5-6/h4-5H,1-2H2,(H,7,8). The molecule has 0 saturated carbocycles. The van der Waals surface area contributed by atoms with Crippen LogP contribution in [0, 0.1) is 0 Å². The molecular weight excluding hydrogens is 110 g/mol. The Balaban J connectivity index is 2.35. The lowest BCUT2D eigenvalue weighted by atomic mass is 10.7. The van der Waals surface area contributed by atoms with Crippen molar-refractivity contribution in [2.45, 2.75) is 0 Å². The third-order valence-corrected chi connectivity index (χ3v) is 0.856. The fourth-order valence-corrected chi connectivity index (χ4v) is 0.527. The van der Waals surface area contributed by atoms with Crippen LogP contribution in [0.4, 0.5) is 4.79 Å². The van der Waals surface area contributed by atoms with Crippen LogP contribution in [0.5, 0.6) is 0 Å². The summed E-state index contributed by atoms with van der Waals surface area (Å²) in [4.78, 5) is 10.0. The van der Waals surface area contributed by atoms with E-state index in [0.717, 1.165) is 5.12 Å². The summed E-state index contributed by atoms with van der Waals surface area (Å²) in [5.74, 6) is 0.